The zero-order valence-electron chi connectivity index (χ0n) is 12.0. The number of aryl methyl sites for hydroxylation is 2. The summed E-state index contributed by atoms with van der Waals surface area (Å²) in [5.41, 5.74) is 3.36. The second-order valence-corrected chi connectivity index (χ2v) is 4.58. The Labute approximate surface area is 115 Å². The molecule has 0 radical (unpaired) electrons. The molecule has 0 heterocycles. The Morgan fingerprint density at radius 2 is 1.89 bits per heavy atom. The number of anilines is 1. The number of rotatable bonds is 6. The first kappa shape index (κ1) is 15.5. The van der Waals surface area contributed by atoms with Gasteiger partial charge in [-0.25, -0.2) is 4.79 Å². The lowest BCUT2D eigenvalue weighted by atomic mass is 10.0. The predicted molar refractivity (Wildman–Crippen MR) is 78.5 cm³/mol. The van der Waals surface area contributed by atoms with E-state index in [1.54, 1.807) is 0 Å². The van der Waals surface area contributed by atoms with Crippen molar-refractivity contribution in [1.29, 1.82) is 0 Å². The van der Waals surface area contributed by atoms with Gasteiger partial charge in [0, 0.05) is 5.69 Å². The number of aliphatic hydroxyl groups is 1. The average molecular weight is 264 g/mol. The van der Waals surface area contributed by atoms with Gasteiger partial charge in [-0.3, -0.25) is 0 Å². The summed E-state index contributed by atoms with van der Waals surface area (Å²) >= 11 is 0. The minimum absolute atomic E-state index is 0.0428. The van der Waals surface area contributed by atoms with Crippen molar-refractivity contribution >= 4 is 11.7 Å². The van der Waals surface area contributed by atoms with Crippen molar-refractivity contribution in [2.24, 2.45) is 0 Å². The molecule has 0 aliphatic carbocycles. The molecule has 1 atom stereocenters. The van der Waals surface area contributed by atoms with Gasteiger partial charge < -0.3 is 15.7 Å². The number of hydrogen-bond donors (Lipinski definition) is 3. The van der Waals surface area contributed by atoms with Gasteiger partial charge in [-0.2, -0.15) is 0 Å². The van der Waals surface area contributed by atoms with Crippen molar-refractivity contribution in [3.05, 3.63) is 29.3 Å². The lowest BCUT2D eigenvalue weighted by Crippen LogP contribution is -2.39. The fraction of sp³-hybridized carbons (Fsp3) is 0.533. The summed E-state index contributed by atoms with van der Waals surface area (Å²) in [6.45, 7) is 6.11. The summed E-state index contributed by atoms with van der Waals surface area (Å²) in [5.74, 6) is 0. The van der Waals surface area contributed by atoms with Gasteiger partial charge in [-0.15, -0.1) is 0 Å². The highest BCUT2D eigenvalue weighted by molar-refractivity contribution is 5.89. The van der Waals surface area contributed by atoms with E-state index in [2.05, 4.69) is 30.5 Å². The molecule has 0 aliphatic rings. The van der Waals surface area contributed by atoms with Gasteiger partial charge in [0.1, 0.15) is 0 Å². The molecule has 4 heteroatoms. The van der Waals surface area contributed by atoms with Crippen LogP contribution in [-0.4, -0.2) is 23.8 Å². The Bertz CT molecular complexity index is 415. The predicted octanol–water partition coefficient (Wildman–Crippen LogP) is 2.70. The zero-order chi connectivity index (χ0) is 14.3. The molecule has 106 valence electrons. The molecule has 0 fully saturated rings. The molecule has 1 unspecified atom stereocenters. The van der Waals surface area contributed by atoms with E-state index in [9.17, 15) is 4.79 Å². The first-order valence-electron chi connectivity index (χ1n) is 6.94. The van der Waals surface area contributed by atoms with Gasteiger partial charge in [0.25, 0.3) is 0 Å². The van der Waals surface area contributed by atoms with E-state index in [1.807, 2.05) is 19.1 Å². The van der Waals surface area contributed by atoms with Crippen LogP contribution in [0, 0.1) is 0 Å². The van der Waals surface area contributed by atoms with E-state index >= 15 is 0 Å². The zero-order valence-corrected chi connectivity index (χ0v) is 12.0. The molecular formula is C15H24N2O2. The van der Waals surface area contributed by atoms with Crippen molar-refractivity contribution < 1.29 is 9.90 Å². The molecule has 0 aromatic heterocycles. The molecule has 0 aliphatic heterocycles. The SMILES string of the molecule is CCc1ccc(NC(=O)NC(CC)CO)cc1CC. The molecule has 3 N–H and O–H groups in total. The maximum Gasteiger partial charge on any atom is 0.319 e. The number of benzene rings is 1. The van der Waals surface area contributed by atoms with Crippen LogP contribution in [0.4, 0.5) is 10.5 Å². The summed E-state index contributed by atoms with van der Waals surface area (Å²) in [4.78, 5) is 11.8. The maximum atomic E-state index is 11.8. The summed E-state index contributed by atoms with van der Waals surface area (Å²) < 4.78 is 0. The summed E-state index contributed by atoms with van der Waals surface area (Å²) in [6, 6.07) is 5.51. The van der Waals surface area contributed by atoms with Gasteiger partial charge in [-0.05, 0) is 42.5 Å². The van der Waals surface area contributed by atoms with E-state index in [0.29, 0.717) is 6.42 Å². The fourth-order valence-electron chi connectivity index (χ4n) is 2.01. The van der Waals surface area contributed by atoms with Crippen molar-refractivity contribution in [3.8, 4) is 0 Å². The third-order valence-electron chi connectivity index (χ3n) is 3.27. The monoisotopic (exact) mass is 264 g/mol. The Morgan fingerprint density at radius 1 is 1.21 bits per heavy atom. The summed E-state index contributed by atoms with van der Waals surface area (Å²) in [5, 5.41) is 14.6. The number of carbonyl (C=O) groups is 1. The molecule has 0 spiro atoms. The van der Waals surface area contributed by atoms with E-state index in [1.165, 1.54) is 11.1 Å². The molecule has 0 saturated carbocycles. The number of aliphatic hydroxyl groups excluding tert-OH is 1. The van der Waals surface area contributed by atoms with Crippen molar-refractivity contribution in [3.63, 3.8) is 0 Å². The minimum Gasteiger partial charge on any atom is -0.394 e. The quantitative estimate of drug-likeness (QED) is 0.740. The largest absolute Gasteiger partial charge is 0.394 e. The van der Waals surface area contributed by atoms with E-state index in [0.717, 1.165) is 18.5 Å². The Morgan fingerprint density at radius 3 is 2.42 bits per heavy atom. The van der Waals surface area contributed by atoms with Gasteiger partial charge in [0.05, 0.1) is 12.6 Å². The van der Waals surface area contributed by atoms with Crippen molar-refractivity contribution in [1.82, 2.24) is 5.32 Å². The third kappa shape index (κ3) is 4.56. The Hall–Kier alpha value is -1.55. The van der Waals surface area contributed by atoms with Crippen LogP contribution < -0.4 is 10.6 Å². The smallest absolute Gasteiger partial charge is 0.319 e. The van der Waals surface area contributed by atoms with E-state index in [4.69, 9.17) is 5.11 Å². The number of hydrogen-bond acceptors (Lipinski definition) is 2. The normalized spacial score (nSPS) is 12.0. The van der Waals surface area contributed by atoms with Gasteiger partial charge in [-0.1, -0.05) is 26.8 Å². The van der Waals surface area contributed by atoms with Crippen LogP contribution in [0.25, 0.3) is 0 Å². The Balaban J connectivity index is 2.69. The number of amides is 2. The van der Waals surface area contributed by atoms with Gasteiger partial charge >= 0.3 is 6.03 Å². The number of urea groups is 1. The molecule has 4 nitrogen and oxygen atoms in total. The fourth-order valence-corrected chi connectivity index (χ4v) is 2.01. The van der Waals surface area contributed by atoms with Crippen LogP contribution in [0.2, 0.25) is 0 Å². The van der Waals surface area contributed by atoms with Gasteiger partial charge in [0.2, 0.25) is 0 Å². The van der Waals surface area contributed by atoms with Crippen LogP contribution in [-0.2, 0) is 12.8 Å². The molecule has 0 saturated heterocycles. The second-order valence-electron chi connectivity index (χ2n) is 4.58. The first-order valence-corrected chi connectivity index (χ1v) is 6.94. The van der Waals surface area contributed by atoms with E-state index in [-0.39, 0.29) is 18.7 Å². The van der Waals surface area contributed by atoms with Crippen LogP contribution in [0.1, 0.15) is 38.3 Å². The van der Waals surface area contributed by atoms with E-state index < -0.39 is 0 Å². The molecule has 2 amide bonds. The first-order chi connectivity index (χ1) is 9.14. The Kier molecular flexibility index (Phi) is 6.36. The standard InChI is InChI=1S/C15H24N2O2/c1-4-11-7-8-14(9-12(11)5-2)17-15(19)16-13(6-3)10-18/h7-9,13,18H,4-6,10H2,1-3H3,(H2,16,17,19). The second kappa shape index (κ2) is 7.79. The van der Waals surface area contributed by atoms with Crippen LogP contribution in [0.15, 0.2) is 18.2 Å². The highest BCUT2D eigenvalue weighted by Crippen LogP contribution is 2.17. The van der Waals surface area contributed by atoms with Crippen LogP contribution in [0.5, 0.6) is 0 Å². The highest BCUT2D eigenvalue weighted by atomic mass is 16.3. The molecule has 1 rings (SSSR count). The molecule has 19 heavy (non-hydrogen) atoms. The van der Waals surface area contributed by atoms with Gasteiger partial charge in [0.15, 0.2) is 0 Å². The summed E-state index contributed by atoms with van der Waals surface area (Å²) in [7, 11) is 0. The minimum atomic E-state index is -0.271. The van der Waals surface area contributed by atoms with Crippen molar-refractivity contribution in [2.45, 2.75) is 46.1 Å². The average Bonchev–Trinajstić information content (AvgIpc) is 2.44. The summed E-state index contributed by atoms with van der Waals surface area (Å²) in [6.07, 6.45) is 2.66. The number of carbonyl (C=O) groups excluding carboxylic acids is 1. The topological polar surface area (TPSA) is 61.4 Å². The molecule has 1 aromatic carbocycles. The van der Waals surface area contributed by atoms with Crippen LogP contribution in [0.3, 0.4) is 0 Å². The molecular weight excluding hydrogens is 240 g/mol. The molecule has 0 bridgehead atoms. The highest BCUT2D eigenvalue weighted by Gasteiger charge is 2.09. The third-order valence-corrected chi connectivity index (χ3v) is 3.27. The number of nitrogens with one attached hydrogen (secondary N) is 2. The lowest BCUT2D eigenvalue weighted by molar-refractivity contribution is 0.222. The van der Waals surface area contributed by atoms with Crippen molar-refractivity contribution in [2.75, 3.05) is 11.9 Å². The maximum absolute atomic E-state index is 11.8. The van der Waals surface area contributed by atoms with Crippen LogP contribution >= 0.6 is 0 Å². The lowest BCUT2D eigenvalue weighted by Gasteiger charge is -2.15. The molecule has 1 aromatic rings.